The van der Waals surface area contributed by atoms with Crippen LogP contribution in [0, 0.1) is 5.82 Å². The first kappa shape index (κ1) is 11.9. The van der Waals surface area contributed by atoms with E-state index in [1.54, 1.807) is 6.07 Å². The van der Waals surface area contributed by atoms with Gasteiger partial charge < -0.3 is 5.32 Å². The van der Waals surface area contributed by atoms with Crippen LogP contribution in [0.15, 0.2) is 18.2 Å². The molecule has 1 aliphatic rings. The Hall–Kier alpha value is -0.600. The van der Waals surface area contributed by atoms with Crippen LogP contribution in [0.2, 0.25) is 5.02 Å². The van der Waals surface area contributed by atoms with Crippen molar-refractivity contribution in [2.75, 3.05) is 6.54 Å². The molecule has 0 saturated heterocycles. The zero-order chi connectivity index (χ0) is 11.5. The van der Waals surface area contributed by atoms with Crippen molar-refractivity contribution in [2.24, 2.45) is 0 Å². The second-order valence-electron chi connectivity index (χ2n) is 4.49. The molecule has 0 spiro atoms. The van der Waals surface area contributed by atoms with E-state index in [4.69, 9.17) is 11.6 Å². The maximum Gasteiger partial charge on any atom is 0.141 e. The van der Waals surface area contributed by atoms with E-state index in [1.807, 2.05) is 6.07 Å². The molecule has 1 aromatic rings. The third-order valence-corrected chi connectivity index (χ3v) is 3.53. The minimum Gasteiger partial charge on any atom is -0.314 e. The normalized spacial score (nSPS) is 24.2. The average molecular weight is 242 g/mol. The van der Waals surface area contributed by atoms with Gasteiger partial charge in [0.2, 0.25) is 0 Å². The van der Waals surface area contributed by atoms with E-state index in [-0.39, 0.29) is 10.8 Å². The van der Waals surface area contributed by atoms with Crippen LogP contribution in [-0.2, 0) is 0 Å². The number of benzene rings is 1. The summed E-state index contributed by atoms with van der Waals surface area (Å²) in [6.45, 7) is 3.25. The number of rotatable bonds is 4. The van der Waals surface area contributed by atoms with Crippen molar-refractivity contribution in [1.82, 2.24) is 5.32 Å². The first-order chi connectivity index (χ1) is 7.70. The molecule has 0 aromatic heterocycles. The molecule has 0 unspecified atom stereocenters. The van der Waals surface area contributed by atoms with Gasteiger partial charge in [-0.2, -0.15) is 0 Å². The van der Waals surface area contributed by atoms with Crippen molar-refractivity contribution < 1.29 is 4.39 Å². The summed E-state index contributed by atoms with van der Waals surface area (Å²) in [5, 5.41) is 3.73. The van der Waals surface area contributed by atoms with Crippen molar-refractivity contribution in [1.29, 1.82) is 0 Å². The molecule has 1 saturated carbocycles. The predicted molar refractivity (Wildman–Crippen MR) is 65.5 cm³/mol. The smallest absolute Gasteiger partial charge is 0.141 e. The fraction of sp³-hybridized carbons (Fsp3) is 0.538. The minimum atomic E-state index is -0.328. The lowest BCUT2D eigenvalue weighted by Gasteiger charge is -2.36. The predicted octanol–water partition coefficient (Wildman–Crippen LogP) is 3.72. The van der Waals surface area contributed by atoms with E-state index in [1.165, 1.54) is 18.1 Å². The Morgan fingerprint density at radius 2 is 2.19 bits per heavy atom. The topological polar surface area (TPSA) is 12.0 Å². The maximum atomic E-state index is 13.0. The van der Waals surface area contributed by atoms with Crippen molar-refractivity contribution >= 4 is 11.6 Å². The van der Waals surface area contributed by atoms with Crippen LogP contribution in [0.4, 0.5) is 4.39 Å². The lowest BCUT2D eigenvalue weighted by atomic mass is 9.76. The summed E-state index contributed by atoms with van der Waals surface area (Å²) >= 11 is 5.77. The molecule has 88 valence electrons. The van der Waals surface area contributed by atoms with Crippen LogP contribution in [-0.4, -0.2) is 12.6 Å². The van der Waals surface area contributed by atoms with E-state index in [9.17, 15) is 4.39 Å². The monoisotopic (exact) mass is 241 g/mol. The van der Waals surface area contributed by atoms with Gasteiger partial charge in [-0.1, -0.05) is 24.6 Å². The van der Waals surface area contributed by atoms with Gasteiger partial charge in [-0.15, -0.1) is 0 Å². The van der Waals surface area contributed by atoms with Gasteiger partial charge in [-0.3, -0.25) is 0 Å². The van der Waals surface area contributed by atoms with E-state index >= 15 is 0 Å². The Bertz CT molecular complexity index is 361. The highest BCUT2D eigenvalue weighted by Crippen LogP contribution is 2.37. The summed E-state index contributed by atoms with van der Waals surface area (Å²) in [6, 6.07) is 5.71. The highest BCUT2D eigenvalue weighted by atomic mass is 35.5. The van der Waals surface area contributed by atoms with Gasteiger partial charge in [0.05, 0.1) is 5.02 Å². The van der Waals surface area contributed by atoms with Gasteiger partial charge in [0.25, 0.3) is 0 Å². The van der Waals surface area contributed by atoms with Crippen molar-refractivity contribution in [3.05, 3.63) is 34.6 Å². The number of halogens is 2. The Morgan fingerprint density at radius 1 is 1.44 bits per heavy atom. The average Bonchev–Trinajstić information content (AvgIpc) is 2.21. The van der Waals surface area contributed by atoms with Crippen LogP contribution in [0.3, 0.4) is 0 Å². The van der Waals surface area contributed by atoms with E-state index in [0.717, 1.165) is 19.4 Å². The third-order valence-electron chi connectivity index (χ3n) is 3.24. The molecular formula is C13H17ClFN. The van der Waals surface area contributed by atoms with Crippen molar-refractivity contribution in [3.63, 3.8) is 0 Å². The van der Waals surface area contributed by atoms with Gasteiger partial charge in [0.15, 0.2) is 0 Å². The Balaban J connectivity index is 1.89. The lowest BCUT2D eigenvalue weighted by molar-refractivity contribution is 0.292. The molecule has 0 bridgehead atoms. The molecule has 0 radical (unpaired) electrons. The fourth-order valence-corrected chi connectivity index (χ4v) is 2.36. The van der Waals surface area contributed by atoms with E-state index in [2.05, 4.69) is 12.2 Å². The molecule has 16 heavy (non-hydrogen) atoms. The van der Waals surface area contributed by atoms with Crippen molar-refractivity contribution in [2.45, 2.75) is 38.1 Å². The van der Waals surface area contributed by atoms with Gasteiger partial charge in [-0.05, 0) is 49.4 Å². The van der Waals surface area contributed by atoms with E-state index in [0.29, 0.717) is 12.0 Å². The summed E-state index contributed by atoms with van der Waals surface area (Å²) in [5.74, 6) is 0.220. The zero-order valence-electron chi connectivity index (χ0n) is 9.47. The van der Waals surface area contributed by atoms with Gasteiger partial charge >= 0.3 is 0 Å². The fourth-order valence-electron chi connectivity index (χ4n) is 2.17. The molecular weight excluding hydrogens is 225 g/mol. The Kier molecular flexibility index (Phi) is 3.82. The van der Waals surface area contributed by atoms with Gasteiger partial charge in [-0.25, -0.2) is 4.39 Å². The summed E-state index contributed by atoms with van der Waals surface area (Å²) < 4.78 is 13.0. The molecule has 0 heterocycles. The molecule has 0 atom stereocenters. The summed E-state index contributed by atoms with van der Waals surface area (Å²) in [6.07, 6.45) is 3.45. The van der Waals surface area contributed by atoms with Crippen LogP contribution >= 0.6 is 11.6 Å². The largest absolute Gasteiger partial charge is 0.314 e. The number of hydrogen-bond donors (Lipinski definition) is 1. The second-order valence-corrected chi connectivity index (χ2v) is 4.90. The summed E-state index contributed by atoms with van der Waals surface area (Å²) in [4.78, 5) is 0. The van der Waals surface area contributed by atoms with E-state index < -0.39 is 0 Å². The Labute approximate surface area is 101 Å². The highest BCUT2D eigenvalue weighted by molar-refractivity contribution is 6.30. The number of hydrogen-bond acceptors (Lipinski definition) is 1. The molecule has 1 nitrogen and oxygen atoms in total. The summed E-state index contributed by atoms with van der Waals surface area (Å²) in [7, 11) is 0. The molecule has 1 aliphatic carbocycles. The van der Waals surface area contributed by atoms with Crippen LogP contribution < -0.4 is 5.32 Å². The second kappa shape index (κ2) is 5.15. The molecule has 3 heteroatoms. The molecule has 2 rings (SSSR count). The quantitative estimate of drug-likeness (QED) is 0.847. The standard InChI is InChI=1S/C13H17ClFN/c1-2-5-16-11-6-10(7-11)9-3-4-13(15)12(14)8-9/h3-4,8,10-11,16H,2,5-7H2,1H3. The first-order valence-electron chi connectivity index (χ1n) is 5.89. The van der Waals surface area contributed by atoms with Gasteiger partial charge in [0, 0.05) is 6.04 Å². The molecule has 1 aromatic carbocycles. The lowest BCUT2D eigenvalue weighted by Crippen LogP contribution is -2.40. The van der Waals surface area contributed by atoms with Crippen LogP contribution in [0.5, 0.6) is 0 Å². The zero-order valence-corrected chi connectivity index (χ0v) is 10.2. The highest BCUT2D eigenvalue weighted by Gasteiger charge is 2.29. The minimum absolute atomic E-state index is 0.238. The van der Waals surface area contributed by atoms with Crippen LogP contribution in [0.1, 0.15) is 37.7 Å². The third kappa shape index (κ3) is 2.55. The number of nitrogens with one attached hydrogen (secondary N) is 1. The molecule has 0 amide bonds. The van der Waals surface area contributed by atoms with Crippen molar-refractivity contribution in [3.8, 4) is 0 Å². The SMILES string of the molecule is CCCNC1CC(c2ccc(F)c(Cl)c2)C1. The molecule has 1 N–H and O–H groups in total. The molecule has 0 aliphatic heterocycles. The molecule has 1 fully saturated rings. The first-order valence-corrected chi connectivity index (χ1v) is 6.26. The summed E-state index contributed by atoms with van der Waals surface area (Å²) in [5.41, 5.74) is 1.17. The maximum absolute atomic E-state index is 13.0. The Morgan fingerprint density at radius 3 is 2.81 bits per heavy atom. The van der Waals surface area contributed by atoms with Crippen LogP contribution in [0.25, 0.3) is 0 Å². The van der Waals surface area contributed by atoms with Gasteiger partial charge in [0.1, 0.15) is 5.82 Å².